The number of nitrogens with zero attached hydrogens (tertiary/aromatic N) is 1. The van der Waals surface area contributed by atoms with Gasteiger partial charge in [-0.25, -0.2) is 0 Å². The molecule has 0 saturated carbocycles. The molecule has 4 heteroatoms. The molecular formula is C11H23N3O. The molecule has 1 heterocycles. The van der Waals surface area contributed by atoms with Crippen molar-refractivity contribution in [3.05, 3.63) is 0 Å². The number of piperidine rings is 1. The molecule has 1 amide bonds. The Kier molecular flexibility index (Phi) is 4.11. The van der Waals surface area contributed by atoms with Crippen molar-refractivity contribution in [2.24, 2.45) is 5.73 Å². The third-order valence-corrected chi connectivity index (χ3v) is 3.22. The van der Waals surface area contributed by atoms with E-state index >= 15 is 0 Å². The van der Waals surface area contributed by atoms with Gasteiger partial charge in [-0.2, -0.15) is 0 Å². The molecule has 0 aromatic rings. The predicted molar refractivity (Wildman–Crippen MR) is 61.5 cm³/mol. The van der Waals surface area contributed by atoms with Crippen LogP contribution in [0.2, 0.25) is 0 Å². The second-order valence-electron chi connectivity index (χ2n) is 4.84. The molecule has 88 valence electrons. The molecule has 0 unspecified atom stereocenters. The summed E-state index contributed by atoms with van der Waals surface area (Å²) in [6.07, 6.45) is 2.20. The third-order valence-electron chi connectivity index (χ3n) is 3.22. The van der Waals surface area contributed by atoms with Gasteiger partial charge in [0.1, 0.15) is 0 Å². The van der Waals surface area contributed by atoms with Crippen LogP contribution in [0.25, 0.3) is 0 Å². The number of hydrogen-bond donors (Lipinski definition) is 2. The van der Waals surface area contributed by atoms with Crippen LogP contribution < -0.4 is 11.1 Å². The van der Waals surface area contributed by atoms with Gasteiger partial charge in [-0.1, -0.05) is 6.92 Å². The van der Waals surface area contributed by atoms with Crippen LogP contribution in [0.4, 0.5) is 0 Å². The molecule has 0 spiro atoms. The molecule has 4 nitrogen and oxygen atoms in total. The summed E-state index contributed by atoms with van der Waals surface area (Å²) in [6, 6.07) is 0.426. The van der Waals surface area contributed by atoms with Crippen LogP contribution in [-0.2, 0) is 4.79 Å². The monoisotopic (exact) mass is 213 g/mol. The van der Waals surface area contributed by atoms with Crippen molar-refractivity contribution in [2.75, 3.05) is 19.6 Å². The number of nitrogens with two attached hydrogens (primary N) is 1. The standard InChI is InChI=1S/C11H23N3O/c1-4-14-7-5-9(6-8-14)13-11(2,3)10(12)15/h9,13H,4-8H2,1-3H3,(H2,12,15). The van der Waals surface area contributed by atoms with Crippen LogP contribution in [0.3, 0.4) is 0 Å². The van der Waals surface area contributed by atoms with Gasteiger partial charge in [-0.3, -0.25) is 4.79 Å². The zero-order valence-corrected chi connectivity index (χ0v) is 10.0. The summed E-state index contributed by atoms with van der Waals surface area (Å²) in [5, 5.41) is 3.34. The van der Waals surface area contributed by atoms with Gasteiger partial charge < -0.3 is 16.0 Å². The minimum Gasteiger partial charge on any atom is -0.368 e. The molecule has 1 fully saturated rings. The summed E-state index contributed by atoms with van der Waals surface area (Å²) in [4.78, 5) is 13.6. The molecule has 3 N–H and O–H groups in total. The van der Waals surface area contributed by atoms with Crippen LogP contribution in [0.15, 0.2) is 0 Å². The zero-order chi connectivity index (χ0) is 11.5. The Morgan fingerprint density at radius 2 is 2.00 bits per heavy atom. The number of rotatable bonds is 4. The van der Waals surface area contributed by atoms with E-state index in [1.807, 2.05) is 13.8 Å². The first kappa shape index (κ1) is 12.5. The highest BCUT2D eigenvalue weighted by Gasteiger charge is 2.29. The van der Waals surface area contributed by atoms with E-state index in [0.717, 1.165) is 32.5 Å². The maximum absolute atomic E-state index is 11.2. The first-order valence-electron chi connectivity index (χ1n) is 5.75. The Labute approximate surface area is 92.2 Å². The molecule has 0 aromatic heterocycles. The number of carbonyl (C=O) groups is 1. The maximum atomic E-state index is 11.2. The Morgan fingerprint density at radius 1 is 1.47 bits per heavy atom. The van der Waals surface area contributed by atoms with Crippen LogP contribution in [0.1, 0.15) is 33.6 Å². The molecule has 0 atom stereocenters. The van der Waals surface area contributed by atoms with Crippen molar-refractivity contribution in [1.29, 1.82) is 0 Å². The average Bonchev–Trinajstić information content (AvgIpc) is 2.18. The van der Waals surface area contributed by atoms with Gasteiger partial charge in [0.15, 0.2) is 0 Å². The highest BCUT2D eigenvalue weighted by atomic mass is 16.1. The van der Waals surface area contributed by atoms with Gasteiger partial charge >= 0.3 is 0 Å². The first-order chi connectivity index (χ1) is 6.95. The number of nitrogens with one attached hydrogen (secondary N) is 1. The minimum atomic E-state index is -0.584. The normalized spacial score (nSPS) is 20.5. The third kappa shape index (κ3) is 3.47. The Hall–Kier alpha value is -0.610. The topological polar surface area (TPSA) is 58.4 Å². The fraction of sp³-hybridized carbons (Fsp3) is 0.909. The van der Waals surface area contributed by atoms with Crippen LogP contribution in [0, 0.1) is 0 Å². The number of likely N-dealkylation sites (tertiary alicyclic amines) is 1. The summed E-state index contributed by atoms with van der Waals surface area (Å²) >= 11 is 0. The van der Waals surface area contributed by atoms with Gasteiger partial charge in [0.2, 0.25) is 5.91 Å². The molecule has 0 radical (unpaired) electrons. The van der Waals surface area contributed by atoms with Crippen molar-refractivity contribution >= 4 is 5.91 Å². The van der Waals surface area contributed by atoms with Crippen LogP contribution in [-0.4, -0.2) is 42.0 Å². The van der Waals surface area contributed by atoms with Crippen LogP contribution >= 0.6 is 0 Å². The van der Waals surface area contributed by atoms with E-state index in [-0.39, 0.29) is 5.91 Å². The van der Waals surface area contributed by atoms with E-state index in [9.17, 15) is 4.79 Å². The Bertz CT molecular complexity index is 220. The van der Waals surface area contributed by atoms with Gasteiger partial charge in [0.05, 0.1) is 5.54 Å². The van der Waals surface area contributed by atoms with E-state index in [4.69, 9.17) is 5.73 Å². The minimum absolute atomic E-state index is 0.277. The highest BCUT2D eigenvalue weighted by Crippen LogP contribution is 2.13. The van der Waals surface area contributed by atoms with Gasteiger partial charge in [0.25, 0.3) is 0 Å². The summed E-state index contributed by atoms with van der Waals surface area (Å²) in [7, 11) is 0. The van der Waals surface area contributed by atoms with Gasteiger partial charge in [0, 0.05) is 6.04 Å². The van der Waals surface area contributed by atoms with E-state index < -0.39 is 5.54 Å². The van der Waals surface area contributed by atoms with Crippen molar-refractivity contribution in [1.82, 2.24) is 10.2 Å². The molecule has 0 aromatic carbocycles. The molecule has 0 bridgehead atoms. The molecule has 1 aliphatic heterocycles. The van der Waals surface area contributed by atoms with Crippen molar-refractivity contribution in [3.63, 3.8) is 0 Å². The number of amides is 1. The van der Waals surface area contributed by atoms with Gasteiger partial charge in [-0.15, -0.1) is 0 Å². The lowest BCUT2D eigenvalue weighted by atomic mass is 9.98. The highest BCUT2D eigenvalue weighted by molar-refractivity contribution is 5.83. The summed E-state index contributed by atoms with van der Waals surface area (Å²) in [5.74, 6) is -0.277. The lowest BCUT2D eigenvalue weighted by Crippen LogP contribution is -2.56. The Morgan fingerprint density at radius 3 is 2.40 bits per heavy atom. The summed E-state index contributed by atoms with van der Waals surface area (Å²) in [5.41, 5.74) is 4.74. The van der Waals surface area contributed by atoms with E-state index in [2.05, 4.69) is 17.1 Å². The number of hydrogen-bond acceptors (Lipinski definition) is 3. The van der Waals surface area contributed by atoms with E-state index in [1.54, 1.807) is 0 Å². The van der Waals surface area contributed by atoms with E-state index in [1.165, 1.54) is 0 Å². The molecular weight excluding hydrogens is 190 g/mol. The summed E-state index contributed by atoms with van der Waals surface area (Å²) in [6.45, 7) is 9.22. The quantitative estimate of drug-likeness (QED) is 0.707. The van der Waals surface area contributed by atoms with Crippen molar-refractivity contribution in [2.45, 2.75) is 45.2 Å². The summed E-state index contributed by atoms with van der Waals surface area (Å²) < 4.78 is 0. The molecule has 1 saturated heterocycles. The number of carbonyl (C=O) groups excluding carboxylic acids is 1. The van der Waals surface area contributed by atoms with E-state index in [0.29, 0.717) is 6.04 Å². The fourth-order valence-electron chi connectivity index (χ4n) is 1.97. The molecule has 1 rings (SSSR count). The lowest BCUT2D eigenvalue weighted by Gasteiger charge is -2.35. The average molecular weight is 213 g/mol. The molecule has 15 heavy (non-hydrogen) atoms. The van der Waals surface area contributed by atoms with Crippen LogP contribution in [0.5, 0.6) is 0 Å². The molecule has 1 aliphatic rings. The second kappa shape index (κ2) is 4.94. The van der Waals surface area contributed by atoms with Crippen molar-refractivity contribution in [3.8, 4) is 0 Å². The second-order valence-corrected chi connectivity index (χ2v) is 4.84. The van der Waals surface area contributed by atoms with Gasteiger partial charge in [-0.05, 0) is 46.3 Å². The Balaban J connectivity index is 2.38. The SMILES string of the molecule is CCN1CCC(NC(C)(C)C(N)=O)CC1. The van der Waals surface area contributed by atoms with Crippen molar-refractivity contribution < 1.29 is 4.79 Å². The molecule has 0 aliphatic carbocycles. The first-order valence-corrected chi connectivity index (χ1v) is 5.75. The number of primary amides is 1. The maximum Gasteiger partial charge on any atom is 0.237 e. The zero-order valence-electron chi connectivity index (χ0n) is 10.0. The smallest absolute Gasteiger partial charge is 0.237 e. The fourth-order valence-corrected chi connectivity index (χ4v) is 1.97. The lowest BCUT2D eigenvalue weighted by molar-refractivity contribution is -0.123. The predicted octanol–water partition coefficient (Wildman–Crippen LogP) is 0.324. The largest absolute Gasteiger partial charge is 0.368 e.